The number of amides is 3. The Balaban J connectivity index is 1.91. The number of ether oxygens (including phenoxy) is 1. The van der Waals surface area contributed by atoms with Gasteiger partial charge in [-0.15, -0.1) is 22.7 Å². The zero-order chi connectivity index (χ0) is 18.5. The lowest BCUT2D eigenvalue weighted by atomic mass is 10.0. The van der Waals surface area contributed by atoms with E-state index in [4.69, 9.17) is 4.74 Å². The van der Waals surface area contributed by atoms with Crippen molar-refractivity contribution in [1.82, 2.24) is 5.32 Å². The van der Waals surface area contributed by atoms with Crippen LogP contribution < -0.4 is 10.6 Å². The minimum atomic E-state index is -0.776. The zero-order valence-corrected chi connectivity index (χ0v) is 16.1. The van der Waals surface area contributed by atoms with E-state index in [2.05, 4.69) is 10.6 Å². The fourth-order valence-electron chi connectivity index (χ4n) is 2.97. The van der Waals surface area contributed by atoms with Crippen LogP contribution in [0.25, 0.3) is 0 Å². The van der Waals surface area contributed by atoms with E-state index < -0.39 is 12.0 Å². The van der Waals surface area contributed by atoms with Crippen LogP contribution in [0, 0.1) is 0 Å². The second-order valence-electron chi connectivity index (χ2n) is 5.87. The first-order chi connectivity index (χ1) is 12.6. The zero-order valence-electron chi connectivity index (χ0n) is 14.4. The average Bonchev–Trinajstić information content (AvgIpc) is 3.18. The third kappa shape index (κ3) is 4.13. The topological polar surface area (TPSA) is 84.5 Å². The number of carbonyl (C=O) groups excluding carboxylic acids is 3. The second kappa shape index (κ2) is 8.46. The summed E-state index contributed by atoms with van der Waals surface area (Å²) < 4.78 is 4.81. The van der Waals surface area contributed by atoms with Gasteiger partial charge in [-0.3, -0.25) is 14.9 Å². The molecule has 2 aromatic rings. The highest BCUT2D eigenvalue weighted by Crippen LogP contribution is 2.37. The molecule has 2 aromatic heterocycles. The van der Waals surface area contributed by atoms with Gasteiger partial charge in [-0.1, -0.05) is 12.5 Å². The summed E-state index contributed by atoms with van der Waals surface area (Å²) in [4.78, 5) is 38.5. The van der Waals surface area contributed by atoms with Gasteiger partial charge in [-0.2, -0.15) is 0 Å². The summed E-state index contributed by atoms with van der Waals surface area (Å²) in [5.41, 5.74) is 1.33. The molecule has 1 aliphatic rings. The van der Waals surface area contributed by atoms with Crippen molar-refractivity contribution in [2.75, 3.05) is 11.9 Å². The predicted octanol–water partition coefficient (Wildman–Crippen LogP) is 4.22. The molecule has 0 fully saturated rings. The number of thiophene rings is 2. The van der Waals surface area contributed by atoms with Gasteiger partial charge in [-0.05, 0) is 49.6 Å². The molecule has 0 radical (unpaired) electrons. The van der Waals surface area contributed by atoms with Crippen molar-refractivity contribution >= 4 is 45.6 Å². The Morgan fingerprint density at radius 1 is 1.15 bits per heavy atom. The minimum Gasteiger partial charge on any atom is -0.450 e. The van der Waals surface area contributed by atoms with E-state index in [-0.39, 0.29) is 12.5 Å². The van der Waals surface area contributed by atoms with Crippen LogP contribution in [-0.2, 0) is 17.6 Å². The highest BCUT2D eigenvalue weighted by molar-refractivity contribution is 7.17. The lowest BCUT2D eigenvalue weighted by Gasteiger charge is -2.09. The molecule has 1 aliphatic carbocycles. The molecule has 6 nitrogen and oxygen atoms in total. The SMILES string of the molecule is CCOC(=O)NC(=O)c1c(NC(=O)c2cccs2)sc2c1CCCCC2. The van der Waals surface area contributed by atoms with Gasteiger partial charge in [0.25, 0.3) is 11.8 Å². The number of carbonyl (C=O) groups is 3. The molecule has 0 saturated carbocycles. The summed E-state index contributed by atoms with van der Waals surface area (Å²) >= 11 is 2.77. The second-order valence-corrected chi connectivity index (χ2v) is 7.93. The molecule has 0 unspecified atom stereocenters. The Labute approximate surface area is 159 Å². The van der Waals surface area contributed by atoms with Crippen LogP contribution in [0.3, 0.4) is 0 Å². The van der Waals surface area contributed by atoms with E-state index >= 15 is 0 Å². The maximum atomic E-state index is 12.7. The molecular weight excluding hydrogens is 372 g/mol. The molecular formula is C18H20N2O4S2. The Morgan fingerprint density at radius 2 is 1.96 bits per heavy atom. The van der Waals surface area contributed by atoms with Crippen LogP contribution in [0.1, 0.15) is 56.7 Å². The van der Waals surface area contributed by atoms with Crippen LogP contribution in [0.5, 0.6) is 0 Å². The van der Waals surface area contributed by atoms with Gasteiger partial charge in [0, 0.05) is 4.88 Å². The summed E-state index contributed by atoms with van der Waals surface area (Å²) in [6.07, 6.45) is 4.03. The first-order valence-corrected chi connectivity index (χ1v) is 10.3. The van der Waals surface area contributed by atoms with E-state index in [1.54, 1.807) is 19.1 Å². The van der Waals surface area contributed by atoms with Crippen LogP contribution >= 0.6 is 22.7 Å². The van der Waals surface area contributed by atoms with E-state index in [0.717, 1.165) is 42.5 Å². The quantitative estimate of drug-likeness (QED) is 0.763. The fourth-order valence-corrected chi connectivity index (χ4v) is 4.87. The molecule has 0 aliphatic heterocycles. The molecule has 3 amide bonds. The van der Waals surface area contributed by atoms with Crippen molar-refractivity contribution in [3.63, 3.8) is 0 Å². The number of hydrogen-bond donors (Lipinski definition) is 2. The number of aryl methyl sites for hydroxylation is 1. The Morgan fingerprint density at radius 3 is 2.69 bits per heavy atom. The number of nitrogens with one attached hydrogen (secondary N) is 2. The van der Waals surface area contributed by atoms with Crippen molar-refractivity contribution in [3.8, 4) is 0 Å². The van der Waals surface area contributed by atoms with Gasteiger partial charge in [-0.25, -0.2) is 4.79 Å². The maximum absolute atomic E-state index is 12.7. The van der Waals surface area contributed by atoms with Crippen molar-refractivity contribution in [1.29, 1.82) is 0 Å². The van der Waals surface area contributed by atoms with Crippen molar-refractivity contribution in [2.24, 2.45) is 0 Å². The first kappa shape index (κ1) is 18.6. The van der Waals surface area contributed by atoms with Crippen LogP contribution in [0.2, 0.25) is 0 Å². The predicted molar refractivity (Wildman–Crippen MR) is 102 cm³/mol. The van der Waals surface area contributed by atoms with E-state index in [1.807, 2.05) is 5.38 Å². The van der Waals surface area contributed by atoms with E-state index in [0.29, 0.717) is 15.4 Å². The third-order valence-electron chi connectivity index (χ3n) is 4.11. The van der Waals surface area contributed by atoms with Gasteiger partial charge < -0.3 is 10.1 Å². The number of alkyl carbamates (subject to hydrolysis) is 1. The molecule has 8 heteroatoms. The molecule has 3 rings (SSSR count). The van der Waals surface area contributed by atoms with Gasteiger partial charge in [0.1, 0.15) is 5.00 Å². The molecule has 0 aromatic carbocycles. The normalized spacial score (nSPS) is 13.4. The summed E-state index contributed by atoms with van der Waals surface area (Å²) in [7, 11) is 0. The number of hydrogen-bond acceptors (Lipinski definition) is 6. The largest absolute Gasteiger partial charge is 0.450 e. The lowest BCUT2D eigenvalue weighted by Crippen LogP contribution is -2.32. The van der Waals surface area contributed by atoms with Gasteiger partial charge in [0.05, 0.1) is 17.0 Å². The maximum Gasteiger partial charge on any atom is 0.414 e. The van der Waals surface area contributed by atoms with Gasteiger partial charge in [0.2, 0.25) is 0 Å². The molecule has 0 spiro atoms. The number of imide groups is 1. The minimum absolute atomic E-state index is 0.183. The summed E-state index contributed by atoms with van der Waals surface area (Å²) in [6.45, 7) is 1.86. The molecule has 0 atom stereocenters. The number of anilines is 1. The third-order valence-corrected chi connectivity index (χ3v) is 6.19. The monoisotopic (exact) mass is 392 g/mol. The Hall–Kier alpha value is -2.19. The smallest absolute Gasteiger partial charge is 0.414 e. The van der Waals surface area contributed by atoms with E-state index in [9.17, 15) is 14.4 Å². The standard InChI is InChI=1S/C18H20N2O4S2/c1-2-24-18(23)20-16(22)14-11-7-4-3-5-8-12(11)26-17(14)19-15(21)13-9-6-10-25-13/h6,9-10H,2-5,7-8H2,1H3,(H,19,21)(H,20,22,23). The molecule has 0 bridgehead atoms. The van der Waals surface area contributed by atoms with Crippen molar-refractivity contribution in [3.05, 3.63) is 38.4 Å². The van der Waals surface area contributed by atoms with Crippen LogP contribution in [0.15, 0.2) is 17.5 Å². The fraction of sp³-hybridized carbons (Fsp3) is 0.389. The molecule has 2 N–H and O–H groups in total. The molecule has 138 valence electrons. The first-order valence-electron chi connectivity index (χ1n) is 8.57. The highest BCUT2D eigenvalue weighted by Gasteiger charge is 2.27. The van der Waals surface area contributed by atoms with Gasteiger partial charge in [0.15, 0.2) is 0 Å². The van der Waals surface area contributed by atoms with Crippen molar-refractivity contribution in [2.45, 2.75) is 39.0 Å². The van der Waals surface area contributed by atoms with E-state index in [1.165, 1.54) is 22.7 Å². The average molecular weight is 393 g/mol. The Bertz CT molecular complexity index is 812. The molecule has 2 heterocycles. The van der Waals surface area contributed by atoms with Gasteiger partial charge >= 0.3 is 6.09 Å². The summed E-state index contributed by atoms with van der Waals surface area (Å²) in [5, 5.41) is 7.44. The number of rotatable bonds is 4. The van der Waals surface area contributed by atoms with Crippen molar-refractivity contribution < 1.29 is 19.1 Å². The Kier molecular flexibility index (Phi) is 6.05. The molecule has 0 saturated heterocycles. The number of fused-ring (bicyclic) bond motifs is 1. The summed E-state index contributed by atoms with van der Waals surface area (Å²) in [5.74, 6) is -0.772. The van der Waals surface area contributed by atoms with Crippen LogP contribution in [-0.4, -0.2) is 24.5 Å². The molecule has 26 heavy (non-hydrogen) atoms. The summed E-state index contributed by atoms with van der Waals surface area (Å²) in [6, 6.07) is 3.54. The lowest BCUT2D eigenvalue weighted by molar-refractivity contribution is 0.0925. The van der Waals surface area contributed by atoms with Crippen LogP contribution in [0.4, 0.5) is 9.80 Å². The highest BCUT2D eigenvalue weighted by atomic mass is 32.1.